The van der Waals surface area contributed by atoms with Crippen molar-refractivity contribution < 1.29 is 13.9 Å². The number of amides is 1. The number of piperazine rings is 1. The number of methoxy groups -OCH3 is 1. The molecule has 0 bridgehead atoms. The largest absolute Gasteiger partial charge is 0.497 e. The summed E-state index contributed by atoms with van der Waals surface area (Å²) in [6, 6.07) is 11.8. The predicted molar refractivity (Wildman–Crippen MR) is 108 cm³/mol. The first-order chi connectivity index (χ1) is 13.6. The molecule has 1 amide bonds. The highest BCUT2D eigenvalue weighted by atomic mass is 35.5. The Bertz CT molecular complexity index is 772. The Labute approximate surface area is 170 Å². The lowest BCUT2D eigenvalue weighted by molar-refractivity contribution is 0.0934. The third-order valence-electron chi connectivity index (χ3n) is 4.97. The zero-order valence-electron chi connectivity index (χ0n) is 16.0. The SMILES string of the molecule is COc1ccc(C(=O)NCCN2CCN(Cc3c(F)cccc3Cl)CC2)cc1. The van der Waals surface area contributed by atoms with E-state index in [-0.39, 0.29) is 11.7 Å². The number of nitrogens with one attached hydrogen (secondary N) is 1. The van der Waals surface area contributed by atoms with Crippen molar-refractivity contribution in [2.24, 2.45) is 0 Å². The topological polar surface area (TPSA) is 44.8 Å². The van der Waals surface area contributed by atoms with Crippen molar-refractivity contribution in [3.8, 4) is 5.75 Å². The predicted octanol–water partition coefficient (Wildman–Crippen LogP) is 3.04. The van der Waals surface area contributed by atoms with Gasteiger partial charge in [0, 0.05) is 62.0 Å². The second-order valence-corrected chi connectivity index (χ2v) is 7.21. The average Bonchev–Trinajstić information content (AvgIpc) is 2.72. The Kier molecular flexibility index (Phi) is 7.25. The van der Waals surface area contributed by atoms with Gasteiger partial charge in [0.2, 0.25) is 0 Å². The molecule has 3 rings (SSSR count). The van der Waals surface area contributed by atoms with Gasteiger partial charge in [-0.15, -0.1) is 0 Å². The van der Waals surface area contributed by atoms with Crippen LogP contribution >= 0.6 is 11.6 Å². The number of nitrogens with zero attached hydrogens (tertiary/aromatic N) is 2. The van der Waals surface area contributed by atoms with E-state index in [1.807, 2.05) is 0 Å². The van der Waals surface area contributed by atoms with Crippen LogP contribution in [0.25, 0.3) is 0 Å². The number of benzene rings is 2. The standard InChI is InChI=1S/C21H25ClFN3O2/c1-28-17-7-5-16(6-8-17)21(27)24-9-10-25-11-13-26(14-12-25)15-18-19(22)3-2-4-20(18)23/h2-8H,9-15H2,1H3,(H,24,27). The van der Waals surface area contributed by atoms with Gasteiger partial charge in [0.05, 0.1) is 7.11 Å². The molecule has 1 saturated heterocycles. The van der Waals surface area contributed by atoms with Crippen molar-refractivity contribution in [1.82, 2.24) is 15.1 Å². The smallest absolute Gasteiger partial charge is 0.251 e. The van der Waals surface area contributed by atoms with Crippen LogP contribution in [-0.2, 0) is 6.54 Å². The summed E-state index contributed by atoms with van der Waals surface area (Å²) in [5.74, 6) is 0.387. The van der Waals surface area contributed by atoms with Crippen molar-refractivity contribution in [2.45, 2.75) is 6.54 Å². The van der Waals surface area contributed by atoms with E-state index >= 15 is 0 Å². The maximum Gasteiger partial charge on any atom is 0.251 e. The molecule has 28 heavy (non-hydrogen) atoms. The van der Waals surface area contributed by atoms with Crippen molar-refractivity contribution in [2.75, 3.05) is 46.4 Å². The molecule has 0 radical (unpaired) electrons. The Morgan fingerprint density at radius 1 is 1.11 bits per heavy atom. The maximum absolute atomic E-state index is 13.9. The van der Waals surface area contributed by atoms with Gasteiger partial charge in [-0.1, -0.05) is 17.7 Å². The van der Waals surface area contributed by atoms with Crippen LogP contribution in [0.1, 0.15) is 15.9 Å². The van der Waals surface area contributed by atoms with Gasteiger partial charge in [-0.3, -0.25) is 14.6 Å². The zero-order chi connectivity index (χ0) is 19.9. The van der Waals surface area contributed by atoms with Gasteiger partial charge in [0.15, 0.2) is 0 Å². The minimum Gasteiger partial charge on any atom is -0.497 e. The molecule has 0 atom stereocenters. The summed E-state index contributed by atoms with van der Waals surface area (Å²) < 4.78 is 19.0. The second kappa shape index (κ2) is 9.87. The fourth-order valence-electron chi connectivity index (χ4n) is 3.25. The normalized spacial score (nSPS) is 15.4. The first-order valence-electron chi connectivity index (χ1n) is 9.36. The first-order valence-corrected chi connectivity index (χ1v) is 9.74. The highest BCUT2D eigenvalue weighted by Gasteiger charge is 2.19. The summed E-state index contributed by atoms with van der Waals surface area (Å²) in [4.78, 5) is 16.7. The number of hydrogen-bond donors (Lipinski definition) is 1. The Hall–Kier alpha value is -2.15. The van der Waals surface area contributed by atoms with Crippen LogP contribution in [0.15, 0.2) is 42.5 Å². The van der Waals surface area contributed by atoms with Gasteiger partial charge in [-0.2, -0.15) is 0 Å². The van der Waals surface area contributed by atoms with Crippen LogP contribution in [0.3, 0.4) is 0 Å². The second-order valence-electron chi connectivity index (χ2n) is 6.80. The fourth-order valence-corrected chi connectivity index (χ4v) is 3.47. The van der Waals surface area contributed by atoms with Gasteiger partial charge in [-0.25, -0.2) is 4.39 Å². The molecule has 1 aliphatic rings. The van der Waals surface area contributed by atoms with Crippen LogP contribution in [0.4, 0.5) is 4.39 Å². The summed E-state index contributed by atoms with van der Waals surface area (Å²) in [6.45, 7) is 5.34. The first kappa shape index (κ1) is 20.6. The molecule has 0 unspecified atom stereocenters. The van der Waals surface area contributed by atoms with Crippen LogP contribution in [0.5, 0.6) is 5.75 Å². The number of rotatable bonds is 7. The Morgan fingerprint density at radius 2 is 1.79 bits per heavy atom. The van der Waals surface area contributed by atoms with E-state index in [1.54, 1.807) is 43.5 Å². The molecule has 0 aliphatic carbocycles. The number of carbonyl (C=O) groups is 1. The van der Waals surface area contributed by atoms with Gasteiger partial charge >= 0.3 is 0 Å². The van der Waals surface area contributed by atoms with Crippen molar-refractivity contribution >= 4 is 17.5 Å². The highest BCUT2D eigenvalue weighted by Crippen LogP contribution is 2.21. The van der Waals surface area contributed by atoms with Crippen molar-refractivity contribution in [3.05, 3.63) is 64.4 Å². The molecular weight excluding hydrogens is 381 g/mol. The lowest BCUT2D eigenvalue weighted by Gasteiger charge is -2.34. The van der Waals surface area contributed by atoms with E-state index < -0.39 is 0 Å². The molecular formula is C21H25ClFN3O2. The van der Waals surface area contributed by atoms with Crippen molar-refractivity contribution in [1.29, 1.82) is 0 Å². The zero-order valence-corrected chi connectivity index (χ0v) is 16.7. The lowest BCUT2D eigenvalue weighted by Crippen LogP contribution is -2.48. The van der Waals surface area contributed by atoms with E-state index in [4.69, 9.17) is 16.3 Å². The summed E-state index contributed by atoms with van der Waals surface area (Å²) >= 11 is 6.12. The molecule has 1 aliphatic heterocycles. The van der Waals surface area contributed by atoms with E-state index in [0.717, 1.165) is 38.5 Å². The molecule has 150 valence electrons. The van der Waals surface area contributed by atoms with Gasteiger partial charge in [-0.05, 0) is 36.4 Å². The monoisotopic (exact) mass is 405 g/mol. The summed E-state index contributed by atoms with van der Waals surface area (Å²) in [5, 5.41) is 3.42. The minimum absolute atomic E-state index is 0.0875. The Morgan fingerprint density at radius 3 is 2.43 bits per heavy atom. The fraction of sp³-hybridized carbons (Fsp3) is 0.381. The molecule has 0 aromatic heterocycles. The average molecular weight is 406 g/mol. The lowest BCUT2D eigenvalue weighted by atomic mass is 10.2. The third-order valence-corrected chi connectivity index (χ3v) is 5.33. The van der Waals surface area contributed by atoms with E-state index in [2.05, 4.69) is 15.1 Å². The maximum atomic E-state index is 13.9. The molecule has 5 nitrogen and oxygen atoms in total. The van der Waals surface area contributed by atoms with Crippen LogP contribution in [0.2, 0.25) is 5.02 Å². The molecule has 2 aromatic rings. The Balaban J connectivity index is 1.39. The number of ether oxygens (including phenoxy) is 1. The van der Waals surface area contributed by atoms with Crippen LogP contribution in [0, 0.1) is 5.82 Å². The number of hydrogen-bond acceptors (Lipinski definition) is 4. The van der Waals surface area contributed by atoms with Gasteiger partial charge in [0.1, 0.15) is 11.6 Å². The molecule has 2 aromatic carbocycles. The molecule has 1 heterocycles. The third kappa shape index (κ3) is 5.44. The van der Waals surface area contributed by atoms with Gasteiger partial charge < -0.3 is 10.1 Å². The number of halogens is 2. The highest BCUT2D eigenvalue weighted by molar-refractivity contribution is 6.31. The van der Waals surface area contributed by atoms with E-state index in [9.17, 15) is 9.18 Å². The minimum atomic E-state index is -0.254. The summed E-state index contributed by atoms with van der Waals surface area (Å²) in [5.41, 5.74) is 1.18. The molecule has 0 saturated carbocycles. The summed E-state index contributed by atoms with van der Waals surface area (Å²) in [6.07, 6.45) is 0. The van der Waals surface area contributed by atoms with Crippen molar-refractivity contribution in [3.63, 3.8) is 0 Å². The van der Waals surface area contributed by atoms with Crippen LogP contribution in [-0.4, -0.2) is 62.1 Å². The molecule has 1 fully saturated rings. The molecule has 7 heteroatoms. The van der Waals surface area contributed by atoms with Gasteiger partial charge in [0.25, 0.3) is 5.91 Å². The summed E-state index contributed by atoms with van der Waals surface area (Å²) in [7, 11) is 1.60. The van der Waals surface area contributed by atoms with E-state index in [1.165, 1.54) is 6.07 Å². The molecule has 0 spiro atoms. The number of carbonyl (C=O) groups excluding carboxylic acids is 1. The quantitative estimate of drug-likeness (QED) is 0.769. The van der Waals surface area contributed by atoms with E-state index in [0.29, 0.717) is 29.2 Å². The molecule has 1 N–H and O–H groups in total. The van der Waals surface area contributed by atoms with Crippen LogP contribution < -0.4 is 10.1 Å².